The summed E-state index contributed by atoms with van der Waals surface area (Å²) in [6, 6.07) is 30.9. The third-order valence-corrected chi connectivity index (χ3v) is 6.74. The third kappa shape index (κ3) is 3.74. The van der Waals surface area contributed by atoms with E-state index in [-0.39, 0.29) is 0 Å². The average molecular weight is 478 g/mol. The summed E-state index contributed by atoms with van der Waals surface area (Å²) in [6.07, 6.45) is 8.13. The number of nitrogens with one attached hydrogen (secondary N) is 2. The molecule has 4 N–H and O–H groups in total. The van der Waals surface area contributed by atoms with Crippen LogP contribution in [-0.4, -0.2) is 19.9 Å². The van der Waals surface area contributed by atoms with E-state index in [0.29, 0.717) is 5.69 Å². The summed E-state index contributed by atoms with van der Waals surface area (Å²) in [5.74, 6) is 0. The summed E-state index contributed by atoms with van der Waals surface area (Å²) in [6.45, 7) is 0. The maximum Gasteiger partial charge on any atom is 0.0888 e. The number of benzene rings is 2. The first-order valence-electron chi connectivity index (χ1n) is 12.2. The molecule has 0 radical (unpaired) electrons. The number of fused-ring (bicyclic) bond motifs is 8. The second-order valence-electron chi connectivity index (χ2n) is 9.12. The van der Waals surface area contributed by atoms with Crippen molar-refractivity contribution in [1.29, 1.82) is 0 Å². The van der Waals surface area contributed by atoms with Crippen LogP contribution < -0.4 is 5.73 Å². The molecule has 5 heterocycles. The van der Waals surface area contributed by atoms with Crippen molar-refractivity contribution in [3.05, 3.63) is 114 Å². The normalized spacial score (nSPS) is 12.2. The van der Waals surface area contributed by atoms with Gasteiger partial charge in [0, 0.05) is 27.7 Å². The van der Waals surface area contributed by atoms with Crippen molar-refractivity contribution in [2.24, 2.45) is 0 Å². The molecule has 0 spiro atoms. The van der Waals surface area contributed by atoms with Gasteiger partial charge in [0.05, 0.1) is 34.0 Å². The van der Waals surface area contributed by atoms with Gasteiger partial charge in [0.15, 0.2) is 0 Å². The molecular weight excluding hydrogens is 454 g/mol. The van der Waals surface area contributed by atoms with E-state index in [0.717, 1.165) is 67.1 Å². The molecule has 0 atom stereocenters. The number of nitrogens with two attached hydrogens (primary N) is 1. The maximum absolute atomic E-state index is 6.67. The van der Waals surface area contributed by atoms with Crippen LogP contribution in [0.5, 0.6) is 0 Å². The molecule has 5 nitrogen and oxygen atoms in total. The number of anilines is 1. The van der Waals surface area contributed by atoms with Gasteiger partial charge in [-0.1, -0.05) is 60.7 Å². The van der Waals surface area contributed by atoms with Gasteiger partial charge in [-0.3, -0.25) is 0 Å². The highest BCUT2D eigenvalue weighted by molar-refractivity contribution is 5.95. The quantitative estimate of drug-likeness (QED) is 0.240. The Hall–Kier alpha value is -5.16. The molecule has 0 aliphatic carbocycles. The predicted molar refractivity (Wildman–Crippen MR) is 154 cm³/mol. The molecule has 5 heteroatoms. The molecule has 0 saturated heterocycles. The van der Waals surface area contributed by atoms with Gasteiger partial charge in [0.25, 0.3) is 0 Å². The number of H-pyrrole nitrogens is 2. The number of aromatic amines is 2. The van der Waals surface area contributed by atoms with Gasteiger partial charge in [-0.25, -0.2) is 9.97 Å². The van der Waals surface area contributed by atoms with Crippen molar-refractivity contribution in [3.8, 4) is 22.3 Å². The van der Waals surface area contributed by atoms with E-state index in [2.05, 4.69) is 64.6 Å². The first-order chi connectivity index (χ1) is 18.2. The van der Waals surface area contributed by atoms with Crippen LogP contribution >= 0.6 is 0 Å². The third-order valence-electron chi connectivity index (χ3n) is 6.74. The first-order valence-corrected chi connectivity index (χ1v) is 12.2. The smallest absolute Gasteiger partial charge is 0.0888 e. The molecule has 3 aromatic heterocycles. The van der Waals surface area contributed by atoms with E-state index >= 15 is 0 Å². The van der Waals surface area contributed by atoms with Crippen LogP contribution in [0.3, 0.4) is 0 Å². The Kier molecular flexibility index (Phi) is 4.86. The lowest BCUT2D eigenvalue weighted by Crippen LogP contribution is -1.91. The highest BCUT2D eigenvalue weighted by Gasteiger charge is 2.14. The molecule has 2 aliphatic heterocycles. The van der Waals surface area contributed by atoms with Gasteiger partial charge in [-0.2, -0.15) is 0 Å². The SMILES string of the molecule is Nc1c2nc(c(-c3ccccc3)c3ccc(cc4nc(c(-c5ccccc5)c5ccc1[nH]5)C=C4)[nH]3)C=C2. The first kappa shape index (κ1) is 21.1. The summed E-state index contributed by atoms with van der Waals surface area (Å²) >= 11 is 0. The zero-order valence-corrected chi connectivity index (χ0v) is 19.9. The van der Waals surface area contributed by atoms with E-state index in [1.807, 2.05) is 60.7 Å². The summed E-state index contributed by atoms with van der Waals surface area (Å²) in [5, 5.41) is 0. The Labute approximate surface area is 213 Å². The zero-order valence-electron chi connectivity index (χ0n) is 19.9. The molecule has 2 aliphatic rings. The lowest BCUT2D eigenvalue weighted by molar-refractivity contribution is 1.31. The molecule has 0 amide bonds. The van der Waals surface area contributed by atoms with Crippen molar-refractivity contribution >= 4 is 52.1 Å². The molecule has 0 fully saturated rings. The van der Waals surface area contributed by atoms with Crippen LogP contribution in [0.4, 0.5) is 5.69 Å². The van der Waals surface area contributed by atoms with Crippen molar-refractivity contribution in [2.45, 2.75) is 0 Å². The summed E-state index contributed by atoms with van der Waals surface area (Å²) in [7, 11) is 0. The Morgan fingerprint density at radius 3 is 1.81 bits per heavy atom. The second kappa shape index (κ2) is 8.50. The van der Waals surface area contributed by atoms with E-state index < -0.39 is 0 Å². The molecule has 8 bridgehead atoms. The minimum absolute atomic E-state index is 0.598. The van der Waals surface area contributed by atoms with Crippen LogP contribution in [0.25, 0.3) is 68.6 Å². The standard InChI is InChI=1S/C32H23N5/c33-32-28-17-15-26(36-28)30(20-7-3-1-4-8-20)24-13-11-22(34-24)19-23-12-14-25(35-23)31(21-9-5-2-6-10-21)27-16-18-29(32)37-27/h1-19,34,37H,33H2. The molecule has 176 valence electrons. The van der Waals surface area contributed by atoms with E-state index in [1.165, 1.54) is 0 Å². The summed E-state index contributed by atoms with van der Waals surface area (Å²) in [4.78, 5) is 17.1. The molecule has 2 aromatic carbocycles. The van der Waals surface area contributed by atoms with Gasteiger partial charge in [-0.05, 0) is 65.8 Å². The van der Waals surface area contributed by atoms with Crippen LogP contribution in [0.1, 0.15) is 22.8 Å². The minimum Gasteiger partial charge on any atom is -0.395 e. The van der Waals surface area contributed by atoms with Gasteiger partial charge in [0.2, 0.25) is 0 Å². The number of nitrogens with zero attached hydrogens (tertiary/aromatic N) is 2. The van der Waals surface area contributed by atoms with Crippen LogP contribution in [-0.2, 0) is 0 Å². The van der Waals surface area contributed by atoms with Crippen LogP contribution in [0.15, 0.2) is 91.0 Å². The molecule has 0 unspecified atom stereocenters. The Morgan fingerprint density at radius 1 is 0.514 bits per heavy atom. The van der Waals surface area contributed by atoms with Crippen LogP contribution in [0, 0.1) is 0 Å². The fourth-order valence-electron chi connectivity index (χ4n) is 4.98. The number of nitrogen functional groups attached to an aromatic ring is 1. The van der Waals surface area contributed by atoms with E-state index in [1.54, 1.807) is 0 Å². The number of hydrogen-bond acceptors (Lipinski definition) is 3. The number of rotatable bonds is 2. The van der Waals surface area contributed by atoms with Crippen molar-refractivity contribution in [1.82, 2.24) is 19.9 Å². The Bertz CT molecular complexity index is 1840. The Morgan fingerprint density at radius 2 is 1.08 bits per heavy atom. The molecule has 37 heavy (non-hydrogen) atoms. The molecular formula is C32H23N5. The lowest BCUT2D eigenvalue weighted by Gasteiger charge is -2.04. The molecule has 5 aromatic rings. The highest BCUT2D eigenvalue weighted by atomic mass is 14.8. The Balaban J connectivity index is 1.61. The van der Waals surface area contributed by atoms with Gasteiger partial charge in [0.1, 0.15) is 0 Å². The largest absolute Gasteiger partial charge is 0.395 e. The van der Waals surface area contributed by atoms with E-state index in [9.17, 15) is 0 Å². The molecule has 0 saturated carbocycles. The zero-order chi connectivity index (χ0) is 24.8. The lowest BCUT2D eigenvalue weighted by atomic mass is 10.0. The summed E-state index contributed by atoms with van der Waals surface area (Å²) in [5.41, 5.74) is 18.6. The predicted octanol–water partition coefficient (Wildman–Crippen LogP) is 7.57. The fraction of sp³-hybridized carbons (Fsp3) is 0. The molecule has 7 rings (SSSR count). The van der Waals surface area contributed by atoms with Gasteiger partial charge >= 0.3 is 0 Å². The van der Waals surface area contributed by atoms with Gasteiger partial charge in [-0.15, -0.1) is 0 Å². The number of hydrogen-bond donors (Lipinski definition) is 3. The topological polar surface area (TPSA) is 83.4 Å². The average Bonchev–Trinajstić information content (AvgIpc) is 3.74. The second-order valence-corrected chi connectivity index (χ2v) is 9.12. The van der Waals surface area contributed by atoms with Crippen molar-refractivity contribution in [2.75, 3.05) is 5.73 Å². The highest BCUT2D eigenvalue weighted by Crippen LogP contribution is 2.33. The van der Waals surface area contributed by atoms with E-state index in [4.69, 9.17) is 15.7 Å². The van der Waals surface area contributed by atoms with Crippen LogP contribution in [0.2, 0.25) is 0 Å². The van der Waals surface area contributed by atoms with Crippen molar-refractivity contribution < 1.29 is 0 Å². The maximum atomic E-state index is 6.67. The monoisotopic (exact) mass is 477 g/mol. The minimum atomic E-state index is 0.598. The fourth-order valence-corrected chi connectivity index (χ4v) is 4.98. The van der Waals surface area contributed by atoms with Gasteiger partial charge < -0.3 is 15.7 Å². The summed E-state index contributed by atoms with van der Waals surface area (Å²) < 4.78 is 0. The van der Waals surface area contributed by atoms with Crippen molar-refractivity contribution in [3.63, 3.8) is 0 Å². The number of aromatic nitrogens is 4.